The topological polar surface area (TPSA) is 38.4 Å². The highest BCUT2D eigenvalue weighted by molar-refractivity contribution is 7.13. The molecule has 0 aliphatic carbocycles. The lowest BCUT2D eigenvalue weighted by atomic mass is 10.1. The smallest absolute Gasteiger partial charge is 0.0488 e. The summed E-state index contributed by atoms with van der Waals surface area (Å²) in [5.41, 5.74) is 8.96. The van der Waals surface area contributed by atoms with Crippen molar-refractivity contribution in [3.8, 4) is 0 Å². The van der Waals surface area contributed by atoms with Gasteiger partial charge >= 0.3 is 0 Å². The van der Waals surface area contributed by atoms with E-state index < -0.39 is 0 Å². The SMILES string of the molecule is C=C/C(=C\N=CC)c1sc(C)c(N)c1C. The zero-order chi connectivity index (χ0) is 11.4. The molecule has 2 N–H and O–H groups in total. The molecule has 80 valence electrons. The van der Waals surface area contributed by atoms with Gasteiger partial charge in [0.05, 0.1) is 0 Å². The van der Waals surface area contributed by atoms with Crippen LogP contribution in [0.5, 0.6) is 0 Å². The Hall–Kier alpha value is -1.35. The Labute approximate surface area is 94.8 Å². The van der Waals surface area contributed by atoms with Gasteiger partial charge in [-0.1, -0.05) is 12.7 Å². The van der Waals surface area contributed by atoms with Gasteiger partial charge in [0.15, 0.2) is 0 Å². The zero-order valence-electron chi connectivity index (χ0n) is 9.37. The van der Waals surface area contributed by atoms with Crippen molar-refractivity contribution in [2.75, 3.05) is 5.73 Å². The van der Waals surface area contributed by atoms with Gasteiger partial charge in [-0.25, -0.2) is 0 Å². The van der Waals surface area contributed by atoms with E-state index in [9.17, 15) is 0 Å². The Morgan fingerprint density at radius 1 is 1.47 bits per heavy atom. The van der Waals surface area contributed by atoms with E-state index in [0.717, 1.165) is 26.6 Å². The van der Waals surface area contributed by atoms with Crippen molar-refractivity contribution >= 4 is 28.8 Å². The first kappa shape index (κ1) is 11.7. The second-order valence-electron chi connectivity index (χ2n) is 3.22. The van der Waals surface area contributed by atoms with E-state index >= 15 is 0 Å². The number of hydrogen-bond donors (Lipinski definition) is 1. The van der Waals surface area contributed by atoms with Crippen molar-refractivity contribution in [2.24, 2.45) is 4.99 Å². The Kier molecular flexibility index (Phi) is 3.86. The number of thiophene rings is 1. The summed E-state index contributed by atoms with van der Waals surface area (Å²) in [5.74, 6) is 0. The van der Waals surface area contributed by atoms with Crippen molar-refractivity contribution in [3.05, 3.63) is 34.2 Å². The molecule has 1 heterocycles. The molecule has 2 nitrogen and oxygen atoms in total. The number of anilines is 1. The molecule has 1 aromatic rings. The molecule has 0 saturated heterocycles. The molecule has 0 saturated carbocycles. The van der Waals surface area contributed by atoms with Crippen molar-refractivity contribution in [2.45, 2.75) is 20.8 Å². The molecule has 0 amide bonds. The first-order chi connectivity index (χ1) is 7.11. The molecule has 15 heavy (non-hydrogen) atoms. The predicted molar refractivity (Wildman–Crippen MR) is 70.5 cm³/mol. The monoisotopic (exact) mass is 220 g/mol. The van der Waals surface area contributed by atoms with Gasteiger partial charge in [0, 0.05) is 33.4 Å². The quantitative estimate of drug-likeness (QED) is 0.614. The molecule has 0 aromatic carbocycles. The molecule has 1 aromatic heterocycles. The van der Waals surface area contributed by atoms with E-state index in [4.69, 9.17) is 5.73 Å². The third-order valence-electron chi connectivity index (χ3n) is 2.22. The molecule has 0 atom stereocenters. The minimum Gasteiger partial charge on any atom is -0.398 e. The van der Waals surface area contributed by atoms with Crippen molar-refractivity contribution in [1.29, 1.82) is 0 Å². The van der Waals surface area contributed by atoms with E-state index in [1.807, 2.05) is 33.0 Å². The van der Waals surface area contributed by atoms with Gasteiger partial charge in [0.2, 0.25) is 0 Å². The Bertz CT molecular complexity index is 425. The largest absolute Gasteiger partial charge is 0.398 e. The molecule has 0 unspecified atom stereocenters. The highest BCUT2D eigenvalue weighted by atomic mass is 32.1. The second-order valence-corrected chi connectivity index (χ2v) is 4.45. The normalized spacial score (nSPS) is 12.3. The predicted octanol–water partition coefficient (Wildman–Crippen LogP) is 3.56. The number of nitrogens with two attached hydrogens (primary N) is 1. The number of nitrogen functional groups attached to an aromatic ring is 1. The van der Waals surface area contributed by atoms with Crippen LogP contribution in [0.4, 0.5) is 5.69 Å². The van der Waals surface area contributed by atoms with Crippen LogP contribution in [0.2, 0.25) is 0 Å². The van der Waals surface area contributed by atoms with Gasteiger partial charge in [-0.15, -0.1) is 11.3 Å². The highest BCUT2D eigenvalue weighted by Crippen LogP contribution is 2.34. The van der Waals surface area contributed by atoms with Crippen LogP contribution in [-0.4, -0.2) is 6.21 Å². The molecule has 0 aliphatic rings. The molecule has 0 radical (unpaired) electrons. The number of hydrogen-bond acceptors (Lipinski definition) is 3. The molecule has 0 aliphatic heterocycles. The standard InChI is InChI=1S/C12H16N2S/c1-5-10(7-14-6-2)12-8(3)11(13)9(4)15-12/h5-7H,1,13H2,2-4H3/b10-7+,14-6?. The fourth-order valence-electron chi connectivity index (χ4n) is 1.31. The fraction of sp³-hybridized carbons (Fsp3) is 0.250. The van der Waals surface area contributed by atoms with E-state index in [1.54, 1.807) is 17.6 Å². The maximum Gasteiger partial charge on any atom is 0.0488 e. The summed E-state index contributed by atoms with van der Waals surface area (Å²) in [4.78, 5) is 6.41. The first-order valence-electron chi connectivity index (χ1n) is 4.78. The van der Waals surface area contributed by atoms with Crippen LogP contribution < -0.4 is 5.73 Å². The third kappa shape index (κ3) is 2.36. The molecule has 0 fully saturated rings. The number of aliphatic imine (C=N–C) groups is 1. The van der Waals surface area contributed by atoms with Crippen LogP contribution in [0.1, 0.15) is 22.2 Å². The van der Waals surface area contributed by atoms with Crippen LogP contribution in [0.25, 0.3) is 5.57 Å². The van der Waals surface area contributed by atoms with Gasteiger partial charge < -0.3 is 5.73 Å². The van der Waals surface area contributed by atoms with Gasteiger partial charge in [0.25, 0.3) is 0 Å². The Morgan fingerprint density at radius 2 is 2.13 bits per heavy atom. The fourth-order valence-corrected chi connectivity index (χ4v) is 2.39. The maximum absolute atomic E-state index is 5.93. The third-order valence-corrected chi connectivity index (χ3v) is 3.50. The van der Waals surface area contributed by atoms with E-state index in [-0.39, 0.29) is 0 Å². The van der Waals surface area contributed by atoms with E-state index in [2.05, 4.69) is 11.6 Å². The molecular formula is C12H16N2S. The highest BCUT2D eigenvalue weighted by Gasteiger charge is 2.10. The number of allylic oxidation sites excluding steroid dienone is 2. The average Bonchev–Trinajstić information content (AvgIpc) is 2.48. The summed E-state index contributed by atoms with van der Waals surface area (Å²) < 4.78 is 0. The van der Waals surface area contributed by atoms with Crippen molar-refractivity contribution in [1.82, 2.24) is 0 Å². The van der Waals surface area contributed by atoms with Crippen molar-refractivity contribution < 1.29 is 0 Å². The summed E-state index contributed by atoms with van der Waals surface area (Å²) in [5, 5.41) is 0. The molecule has 0 bridgehead atoms. The molecule has 0 spiro atoms. The van der Waals surface area contributed by atoms with Crippen molar-refractivity contribution in [3.63, 3.8) is 0 Å². The van der Waals surface area contributed by atoms with Crippen LogP contribution in [0.3, 0.4) is 0 Å². The number of aryl methyl sites for hydroxylation is 1. The van der Waals surface area contributed by atoms with Crippen LogP contribution in [-0.2, 0) is 0 Å². The molecular weight excluding hydrogens is 204 g/mol. The number of nitrogens with zero attached hydrogens (tertiary/aromatic N) is 1. The molecule has 1 rings (SSSR count). The minimum absolute atomic E-state index is 0.878. The van der Waals surface area contributed by atoms with E-state index in [1.165, 1.54) is 0 Å². The molecule has 3 heteroatoms. The number of rotatable bonds is 3. The summed E-state index contributed by atoms with van der Waals surface area (Å²) in [6.45, 7) is 9.74. The van der Waals surface area contributed by atoms with Crippen LogP contribution in [0.15, 0.2) is 23.8 Å². The average molecular weight is 220 g/mol. The van der Waals surface area contributed by atoms with E-state index in [0.29, 0.717) is 0 Å². The van der Waals surface area contributed by atoms with Crippen LogP contribution >= 0.6 is 11.3 Å². The summed E-state index contributed by atoms with van der Waals surface area (Å²) in [6.07, 6.45) is 5.37. The summed E-state index contributed by atoms with van der Waals surface area (Å²) >= 11 is 1.69. The Balaban J connectivity index is 3.24. The van der Waals surface area contributed by atoms with Crippen LogP contribution in [0, 0.1) is 13.8 Å². The second kappa shape index (κ2) is 4.94. The summed E-state index contributed by atoms with van der Waals surface area (Å²) in [7, 11) is 0. The van der Waals surface area contributed by atoms with Gasteiger partial charge in [-0.3, -0.25) is 4.99 Å². The first-order valence-corrected chi connectivity index (χ1v) is 5.59. The maximum atomic E-state index is 5.93. The minimum atomic E-state index is 0.878. The van der Waals surface area contributed by atoms with Gasteiger partial charge in [-0.05, 0) is 26.3 Å². The van der Waals surface area contributed by atoms with Gasteiger partial charge in [0.1, 0.15) is 0 Å². The lowest BCUT2D eigenvalue weighted by molar-refractivity contribution is 1.47. The Morgan fingerprint density at radius 3 is 2.53 bits per heavy atom. The zero-order valence-corrected chi connectivity index (χ0v) is 10.2. The summed E-state index contributed by atoms with van der Waals surface area (Å²) in [6, 6.07) is 0. The lowest BCUT2D eigenvalue weighted by Crippen LogP contribution is -1.87. The van der Waals surface area contributed by atoms with Gasteiger partial charge in [-0.2, -0.15) is 0 Å². The lowest BCUT2D eigenvalue weighted by Gasteiger charge is -1.99.